The second-order valence-electron chi connectivity index (χ2n) is 5.92. The third-order valence-corrected chi connectivity index (χ3v) is 4.25. The van der Waals surface area contributed by atoms with E-state index in [-0.39, 0.29) is 29.1 Å². The SMILES string of the molecule is C/C=C(\C)N(CC)C(=O)c1c(C)c(C(F)(F)F)nn1-c1cccc(C=O)c1. The molecule has 0 aliphatic rings. The summed E-state index contributed by atoms with van der Waals surface area (Å²) in [5, 5.41) is 3.66. The molecule has 0 radical (unpaired) electrons. The molecule has 1 amide bonds. The van der Waals surface area contributed by atoms with Crippen LogP contribution in [0.3, 0.4) is 0 Å². The van der Waals surface area contributed by atoms with E-state index in [0.29, 0.717) is 12.0 Å². The Morgan fingerprint density at radius 2 is 2.00 bits per heavy atom. The van der Waals surface area contributed by atoms with Crippen molar-refractivity contribution in [2.24, 2.45) is 0 Å². The molecule has 0 atom stereocenters. The number of aromatic nitrogens is 2. The lowest BCUT2D eigenvalue weighted by Gasteiger charge is -2.22. The van der Waals surface area contributed by atoms with Gasteiger partial charge in [0.25, 0.3) is 5.91 Å². The van der Waals surface area contributed by atoms with Crippen LogP contribution >= 0.6 is 0 Å². The van der Waals surface area contributed by atoms with Crippen molar-refractivity contribution in [1.29, 1.82) is 0 Å². The maximum atomic E-state index is 13.4. The van der Waals surface area contributed by atoms with Gasteiger partial charge >= 0.3 is 6.18 Å². The molecule has 0 saturated heterocycles. The first-order chi connectivity index (χ1) is 12.6. The van der Waals surface area contributed by atoms with Gasteiger partial charge in [-0.05, 0) is 39.8 Å². The summed E-state index contributed by atoms with van der Waals surface area (Å²) >= 11 is 0. The van der Waals surface area contributed by atoms with Crippen LogP contribution in [0.2, 0.25) is 0 Å². The molecule has 0 fully saturated rings. The molecule has 0 aliphatic heterocycles. The van der Waals surface area contributed by atoms with Gasteiger partial charge in [-0.25, -0.2) is 4.68 Å². The molecule has 0 spiro atoms. The Kier molecular flexibility index (Phi) is 5.88. The van der Waals surface area contributed by atoms with E-state index in [1.54, 1.807) is 26.8 Å². The van der Waals surface area contributed by atoms with E-state index in [4.69, 9.17) is 0 Å². The van der Waals surface area contributed by atoms with Crippen molar-refractivity contribution < 1.29 is 22.8 Å². The summed E-state index contributed by atoms with van der Waals surface area (Å²) in [6.45, 7) is 6.69. The molecule has 2 aromatic rings. The van der Waals surface area contributed by atoms with Crippen molar-refractivity contribution in [2.75, 3.05) is 6.54 Å². The monoisotopic (exact) mass is 379 g/mol. The van der Waals surface area contributed by atoms with Crippen molar-refractivity contribution in [3.05, 3.63) is 58.6 Å². The lowest BCUT2D eigenvalue weighted by molar-refractivity contribution is -0.141. The summed E-state index contributed by atoms with van der Waals surface area (Å²) in [5.74, 6) is -0.592. The van der Waals surface area contributed by atoms with E-state index in [0.717, 1.165) is 4.68 Å². The van der Waals surface area contributed by atoms with Crippen LogP contribution in [-0.4, -0.2) is 33.4 Å². The molecule has 0 bridgehead atoms. The van der Waals surface area contributed by atoms with Crippen LogP contribution in [0.5, 0.6) is 0 Å². The Morgan fingerprint density at radius 1 is 1.33 bits per heavy atom. The molecule has 0 aliphatic carbocycles. The average Bonchev–Trinajstić information content (AvgIpc) is 2.99. The second kappa shape index (κ2) is 7.77. The number of alkyl halides is 3. The number of amides is 1. The molecule has 27 heavy (non-hydrogen) atoms. The smallest absolute Gasteiger partial charge is 0.312 e. The molecule has 1 aromatic heterocycles. The predicted octanol–water partition coefficient (Wildman–Crippen LogP) is 4.40. The van der Waals surface area contributed by atoms with Crippen LogP contribution in [0, 0.1) is 6.92 Å². The van der Waals surface area contributed by atoms with Gasteiger partial charge in [0.1, 0.15) is 12.0 Å². The second-order valence-corrected chi connectivity index (χ2v) is 5.92. The normalized spacial score (nSPS) is 12.2. The zero-order valence-corrected chi connectivity index (χ0v) is 15.5. The van der Waals surface area contributed by atoms with Crippen molar-refractivity contribution in [3.63, 3.8) is 0 Å². The van der Waals surface area contributed by atoms with Gasteiger partial charge < -0.3 is 4.90 Å². The topological polar surface area (TPSA) is 55.2 Å². The van der Waals surface area contributed by atoms with Crippen LogP contribution in [0.15, 0.2) is 36.0 Å². The molecule has 0 unspecified atom stereocenters. The van der Waals surface area contributed by atoms with Gasteiger partial charge in [0, 0.05) is 23.4 Å². The first-order valence-corrected chi connectivity index (χ1v) is 8.32. The summed E-state index contributed by atoms with van der Waals surface area (Å²) in [6, 6.07) is 5.91. The Morgan fingerprint density at radius 3 is 2.52 bits per heavy atom. The lowest BCUT2D eigenvalue weighted by Crippen LogP contribution is -2.31. The maximum Gasteiger partial charge on any atom is 0.435 e. The summed E-state index contributed by atoms with van der Waals surface area (Å²) in [5.41, 5.74) is -0.485. The highest BCUT2D eigenvalue weighted by atomic mass is 19.4. The van der Waals surface area contributed by atoms with E-state index < -0.39 is 17.8 Å². The summed E-state index contributed by atoms with van der Waals surface area (Å²) < 4.78 is 41.2. The van der Waals surface area contributed by atoms with Gasteiger partial charge in [0.2, 0.25) is 0 Å². The van der Waals surface area contributed by atoms with Crippen molar-refractivity contribution >= 4 is 12.2 Å². The minimum absolute atomic E-state index is 0.187. The molecule has 2 rings (SSSR count). The number of hydrogen-bond donors (Lipinski definition) is 0. The fourth-order valence-corrected chi connectivity index (χ4v) is 2.77. The van der Waals surface area contributed by atoms with Crippen LogP contribution in [0.25, 0.3) is 5.69 Å². The molecular formula is C19H20F3N3O2. The summed E-state index contributed by atoms with van der Waals surface area (Å²) in [6.07, 6.45) is -2.43. The third-order valence-electron chi connectivity index (χ3n) is 4.25. The molecule has 5 nitrogen and oxygen atoms in total. The third kappa shape index (κ3) is 3.94. The molecule has 0 N–H and O–H groups in total. The van der Waals surface area contributed by atoms with Gasteiger partial charge in [-0.3, -0.25) is 9.59 Å². The van der Waals surface area contributed by atoms with Crippen LogP contribution in [0.4, 0.5) is 13.2 Å². The van der Waals surface area contributed by atoms with Crippen molar-refractivity contribution in [3.8, 4) is 5.69 Å². The highest BCUT2D eigenvalue weighted by molar-refractivity contribution is 5.96. The fourth-order valence-electron chi connectivity index (χ4n) is 2.77. The number of rotatable bonds is 5. The van der Waals surface area contributed by atoms with Crippen molar-refractivity contribution in [1.82, 2.24) is 14.7 Å². The zero-order chi connectivity index (χ0) is 20.4. The first-order valence-electron chi connectivity index (χ1n) is 8.32. The molecule has 1 heterocycles. The average molecular weight is 379 g/mol. The molecule has 8 heteroatoms. The Balaban J connectivity index is 2.76. The predicted molar refractivity (Wildman–Crippen MR) is 94.8 cm³/mol. The zero-order valence-electron chi connectivity index (χ0n) is 15.5. The molecular weight excluding hydrogens is 359 g/mol. The van der Waals surface area contributed by atoms with Crippen LogP contribution in [0.1, 0.15) is 52.9 Å². The minimum Gasteiger partial charge on any atom is -0.312 e. The highest BCUT2D eigenvalue weighted by Gasteiger charge is 2.40. The van der Waals surface area contributed by atoms with E-state index in [9.17, 15) is 22.8 Å². The first kappa shape index (κ1) is 20.4. The van der Waals surface area contributed by atoms with E-state index in [1.165, 1.54) is 36.1 Å². The molecule has 144 valence electrons. The number of carbonyl (C=O) groups excluding carboxylic acids is 2. The van der Waals surface area contributed by atoms with Gasteiger partial charge in [0.15, 0.2) is 5.69 Å². The molecule has 0 saturated carbocycles. The van der Waals surface area contributed by atoms with Gasteiger partial charge in [-0.1, -0.05) is 18.2 Å². The number of carbonyl (C=O) groups is 2. The largest absolute Gasteiger partial charge is 0.435 e. The standard InChI is InChI=1S/C19H20F3N3O2/c1-5-12(3)24(6-2)18(27)16-13(4)17(19(20,21)22)23-25(16)15-9-7-8-14(10-15)11-26/h5,7-11H,6H2,1-4H3/b12-5+. The van der Waals surface area contributed by atoms with E-state index >= 15 is 0 Å². The number of aldehydes is 1. The quantitative estimate of drug-likeness (QED) is 0.724. The Hall–Kier alpha value is -2.90. The fraction of sp³-hybridized carbons (Fsp3) is 0.316. The number of benzene rings is 1. The van der Waals surface area contributed by atoms with Crippen LogP contribution in [-0.2, 0) is 6.18 Å². The van der Waals surface area contributed by atoms with Gasteiger partial charge in [-0.2, -0.15) is 18.3 Å². The number of nitrogens with zero attached hydrogens (tertiary/aromatic N) is 3. The van der Waals surface area contributed by atoms with Gasteiger partial charge in [0.05, 0.1) is 5.69 Å². The Labute approximate surface area is 155 Å². The van der Waals surface area contributed by atoms with Crippen LogP contribution < -0.4 is 0 Å². The summed E-state index contributed by atoms with van der Waals surface area (Å²) in [7, 11) is 0. The highest BCUT2D eigenvalue weighted by Crippen LogP contribution is 2.34. The summed E-state index contributed by atoms with van der Waals surface area (Å²) in [4.78, 5) is 25.5. The molecule has 1 aromatic carbocycles. The van der Waals surface area contributed by atoms with Crippen molar-refractivity contribution in [2.45, 2.75) is 33.9 Å². The maximum absolute atomic E-state index is 13.4. The van der Waals surface area contributed by atoms with Gasteiger partial charge in [-0.15, -0.1) is 0 Å². The number of allylic oxidation sites excluding steroid dienone is 2. The lowest BCUT2D eigenvalue weighted by atomic mass is 10.1. The Bertz CT molecular complexity index is 898. The number of hydrogen-bond acceptors (Lipinski definition) is 3. The van der Waals surface area contributed by atoms with E-state index in [1.807, 2.05) is 0 Å². The number of halogens is 3. The van der Waals surface area contributed by atoms with E-state index in [2.05, 4.69) is 5.10 Å². The minimum atomic E-state index is -4.71.